The zero-order valence-corrected chi connectivity index (χ0v) is 7.91. The number of hydrogen-bond acceptors (Lipinski definition) is 1. The Morgan fingerprint density at radius 2 is 2.00 bits per heavy atom. The van der Waals surface area contributed by atoms with Gasteiger partial charge in [0.05, 0.1) is 0 Å². The number of hydrogen-bond donors (Lipinski definition) is 0. The molecule has 0 radical (unpaired) electrons. The van der Waals surface area contributed by atoms with Crippen molar-refractivity contribution >= 4 is 5.78 Å². The first-order valence-corrected chi connectivity index (χ1v) is 5.57. The summed E-state index contributed by atoms with van der Waals surface area (Å²) in [4.78, 5) is 11.9. The smallest absolute Gasteiger partial charge is 0.136 e. The highest BCUT2D eigenvalue weighted by Gasteiger charge is 2.47. The van der Waals surface area contributed by atoms with Gasteiger partial charge in [-0.3, -0.25) is 4.79 Å². The van der Waals surface area contributed by atoms with E-state index >= 15 is 0 Å². The summed E-state index contributed by atoms with van der Waals surface area (Å²) in [6.07, 6.45) is 10.5. The average molecular weight is 176 g/mol. The molecule has 2 bridgehead atoms. The monoisotopic (exact) mass is 176 g/mol. The number of Topliss-reactive ketones (excluding diaryl/α,β-unsaturated/α-hetero) is 1. The summed E-state index contributed by atoms with van der Waals surface area (Å²) >= 11 is 0. The van der Waals surface area contributed by atoms with Crippen molar-refractivity contribution in [3.8, 4) is 0 Å². The Balaban J connectivity index is 1.93. The summed E-state index contributed by atoms with van der Waals surface area (Å²) in [6, 6.07) is 0. The first kappa shape index (κ1) is 7.78. The van der Waals surface area contributed by atoms with Crippen LogP contribution in [0, 0.1) is 23.7 Å². The van der Waals surface area contributed by atoms with Crippen LogP contribution >= 0.6 is 0 Å². The minimum Gasteiger partial charge on any atom is -0.299 e. The van der Waals surface area contributed by atoms with Crippen LogP contribution in [0.1, 0.15) is 32.1 Å². The summed E-state index contributed by atoms with van der Waals surface area (Å²) in [5.74, 6) is 3.11. The van der Waals surface area contributed by atoms with Gasteiger partial charge in [-0.1, -0.05) is 18.6 Å². The largest absolute Gasteiger partial charge is 0.299 e. The van der Waals surface area contributed by atoms with Crippen molar-refractivity contribution in [2.24, 2.45) is 23.7 Å². The Kier molecular flexibility index (Phi) is 1.61. The lowest BCUT2D eigenvalue weighted by molar-refractivity contribution is -0.124. The van der Waals surface area contributed by atoms with Gasteiger partial charge in [0.25, 0.3) is 0 Å². The third kappa shape index (κ3) is 1.02. The molecule has 0 aliphatic heterocycles. The second-order valence-electron chi connectivity index (χ2n) is 4.85. The Morgan fingerprint density at radius 1 is 1.15 bits per heavy atom. The quantitative estimate of drug-likeness (QED) is 0.518. The summed E-state index contributed by atoms with van der Waals surface area (Å²) in [5.41, 5.74) is 0. The van der Waals surface area contributed by atoms with E-state index in [0.717, 1.165) is 24.7 Å². The molecular formula is C12H16O. The van der Waals surface area contributed by atoms with E-state index in [9.17, 15) is 4.79 Å². The van der Waals surface area contributed by atoms with E-state index in [1.807, 2.05) is 0 Å². The lowest BCUT2D eigenvalue weighted by Gasteiger charge is -2.24. The van der Waals surface area contributed by atoms with Gasteiger partial charge in [-0.25, -0.2) is 0 Å². The van der Waals surface area contributed by atoms with Crippen LogP contribution in [-0.4, -0.2) is 5.78 Å². The molecule has 0 spiro atoms. The number of carbonyl (C=O) groups is 1. The Hall–Kier alpha value is -0.590. The van der Waals surface area contributed by atoms with Gasteiger partial charge in [-0.05, 0) is 37.0 Å². The fourth-order valence-electron chi connectivity index (χ4n) is 3.64. The molecule has 2 saturated carbocycles. The molecule has 0 aromatic carbocycles. The maximum absolute atomic E-state index is 11.9. The van der Waals surface area contributed by atoms with Crippen LogP contribution in [0.2, 0.25) is 0 Å². The number of allylic oxidation sites excluding steroid dienone is 2. The molecule has 0 amide bonds. The van der Waals surface area contributed by atoms with Crippen LogP contribution in [0.25, 0.3) is 0 Å². The minimum atomic E-state index is 0.428. The van der Waals surface area contributed by atoms with Gasteiger partial charge in [0.1, 0.15) is 5.78 Å². The maximum atomic E-state index is 11.9. The van der Waals surface area contributed by atoms with Gasteiger partial charge < -0.3 is 0 Å². The molecule has 13 heavy (non-hydrogen) atoms. The van der Waals surface area contributed by atoms with Crippen LogP contribution in [0.4, 0.5) is 0 Å². The van der Waals surface area contributed by atoms with Crippen molar-refractivity contribution in [2.45, 2.75) is 32.1 Å². The molecule has 0 unspecified atom stereocenters. The van der Waals surface area contributed by atoms with E-state index in [1.54, 1.807) is 0 Å². The van der Waals surface area contributed by atoms with E-state index in [-0.39, 0.29) is 0 Å². The topological polar surface area (TPSA) is 17.1 Å². The fraction of sp³-hybridized carbons (Fsp3) is 0.750. The molecule has 0 saturated heterocycles. The highest BCUT2D eigenvalue weighted by molar-refractivity contribution is 5.82. The van der Waals surface area contributed by atoms with E-state index in [2.05, 4.69) is 12.2 Å². The van der Waals surface area contributed by atoms with Crippen molar-refractivity contribution in [3.05, 3.63) is 12.2 Å². The summed E-state index contributed by atoms with van der Waals surface area (Å²) in [5, 5.41) is 0. The molecule has 2 fully saturated rings. The lowest BCUT2D eigenvalue weighted by atomic mass is 9.79. The zero-order chi connectivity index (χ0) is 8.84. The Bertz CT molecular complexity index is 266. The van der Waals surface area contributed by atoms with Gasteiger partial charge in [0.15, 0.2) is 0 Å². The van der Waals surface area contributed by atoms with Crippen molar-refractivity contribution < 1.29 is 4.79 Å². The van der Waals surface area contributed by atoms with E-state index < -0.39 is 0 Å². The summed E-state index contributed by atoms with van der Waals surface area (Å²) in [7, 11) is 0. The third-order valence-corrected chi connectivity index (χ3v) is 4.20. The average Bonchev–Trinajstić information content (AvgIpc) is 2.66. The first-order valence-electron chi connectivity index (χ1n) is 5.57. The predicted octanol–water partition coefficient (Wildman–Crippen LogP) is 2.57. The molecule has 0 N–H and O–H groups in total. The predicted molar refractivity (Wildman–Crippen MR) is 51.2 cm³/mol. The third-order valence-electron chi connectivity index (χ3n) is 4.20. The fourth-order valence-corrected chi connectivity index (χ4v) is 3.64. The SMILES string of the molecule is O=C1CCCC[C@H]2[C@@H]1[C@H]1C=C[C@@H]2C1. The van der Waals surface area contributed by atoms with Gasteiger partial charge in [0, 0.05) is 12.3 Å². The van der Waals surface area contributed by atoms with Crippen LogP contribution in [0.5, 0.6) is 0 Å². The van der Waals surface area contributed by atoms with Gasteiger partial charge >= 0.3 is 0 Å². The Labute approximate surface area is 79.2 Å². The highest BCUT2D eigenvalue weighted by atomic mass is 16.1. The van der Waals surface area contributed by atoms with Gasteiger partial charge in [0.2, 0.25) is 0 Å². The van der Waals surface area contributed by atoms with Crippen LogP contribution in [-0.2, 0) is 4.79 Å². The molecule has 3 aliphatic carbocycles. The van der Waals surface area contributed by atoms with E-state index in [1.165, 1.54) is 19.3 Å². The second-order valence-corrected chi connectivity index (χ2v) is 4.85. The van der Waals surface area contributed by atoms with Gasteiger partial charge in [-0.2, -0.15) is 0 Å². The first-order chi connectivity index (χ1) is 6.36. The molecule has 4 atom stereocenters. The molecule has 1 heteroatoms. The van der Waals surface area contributed by atoms with Crippen LogP contribution in [0.15, 0.2) is 12.2 Å². The zero-order valence-electron chi connectivity index (χ0n) is 7.91. The molecule has 0 aromatic heterocycles. The second kappa shape index (κ2) is 2.70. The standard InChI is InChI=1S/C12H16O/c13-11-4-2-1-3-10-8-5-6-9(7-8)12(10)11/h5-6,8-10,12H,1-4,7H2/t8-,9+,10-,12+/m1/s1. The highest BCUT2D eigenvalue weighted by Crippen LogP contribution is 2.51. The molecule has 3 aliphatic rings. The summed E-state index contributed by atoms with van der Waals surface area (Å²) in [6.45, 7) is 0. The Morgan fingerprint density at radius 3 is 2.92 bits per heavy atom. The molecule has 0 heterocycles. The number of fused-ring (bicyclic) bond motifs is 5. The molecule has 70 valence electrons. The van der Waals surface area contributed by atoms with Crippen molar-refractivity contribution in [3.63, 3.8) is 0 Å². The van der Waals surface area contributed by atoms with E-state index in [4.69, 9.17) is 0 Å². The molecule has 1 nitrogen and oxygen atoms in total. The maximum Gasteiger partial charge on any atom is 0.136 e. The molecule has 0 aromatic rings. The normalized spacial score (nSPS) is 47.8. The van der Waals surface area contributed by atoms with E-state index in [0.29, 0.717) is 17.6 Å². The molecule has 3 rings (SSSR count). The lowest BCUT2D eigenvalue weighted by Crippen LogP contribution is -2.25. The number of carbonyl (C=O) groups excluding carboxylic acids is 1. The van der Waals surface area contributed by atoms with Crippen LogP contribution in [0.3, 0.4) is 0 Å². The van der Waals surface area contributed by atoms with Gasteiger partial charge in [-0.15, -0.1) is 0 Å². The minimum absolute atomic E-state index is 0.428. The van der Waals surface area contributed by atoms with Crippen molar-refractivity contribution in [1.82, 2.24) is 0 Å². The number of rotatable bonds is 0. The van der Waals surface area contributed by atoms with Crippen LogP contribution < -0.4 is 0 Å². The number of ketones is 1. The van der Waals surface area contributed by atoms with Crippen molar-refractivity contribution in [2.75, 3.05) is 0 Å². The summed E-state index contributed by atoms with van der Waals surface area (Å²) < 4.78 is 0. The molecular weight excluding hydrogens is 160 g/mol. The van der Waals surface area contributed by atoms with Crippen molar-refractivity contribution in [1.29, 1.82) is 0 Å².